The first-order valence-electron chi connectivity index (χ1n) is 9.89. The Morgan fingerprint density at radius 2 is 1.94 bits per heavy atom. The number of carbonyl (C=O) groups is 1. The Kier molecular flexibility index (Phi) is 5.77. The van der Waals surface area contributed by atoms with Gasteiger partial charge in [-0.3, -0.25) is 4.79 Å². The molecule has 162 valence electrons. The molecule has 0 bridgehead atoms. The summed E-state index contributed by atoms with van der Waals surface area (Å²) in [6, 6.07) is 12.7. The maximum atomic E-state index is 13.0. The lowest BCUT2D eigenvalue weighted by molar-refractivity contribution is -0.137. The van der Waals surface area contributed by atoms with Crippen molar-refractivity contribution >= 4 is 23.2 Å². The first-order chi connectivity index (χ1) is 15.3. The molecule has 9 heteroatoms. The lowest BCUT2D eigenvalue weighted by atomic mass is 9.97. The van der Waals surface area contributed by atoms with Crippen LogP contribution in [0.4, 0.5) is 30.5 Å². The number of aromatic nitrogens is 2. The lowest BCUT2D eigenvalue weighted by Gasteiger charge is -2.12. The number of nitrogens with one attached hydrogen (secondary N) is 2. The van der Waals surface area contributed by atoms with Crippen LogP contribution in [-0.4, -0.2) is 15.9 Å². The average Bonchev–Trinajstić information content (AvgIpc) is 3.12. The maximum absolute atomic E-state index is 13.0. The van der Waals surface area contributed by atoms with Crippen molar-refractivity contribution in [1.82, 2.24) is 9.97 Å². The third-order valence-corrected chi connectivity index (χ3v) is 5.15. The van der Waals surface area contributed by atoms with E-state index in [9.17, 15) is 18.0 Å². The largest absolute Gasteiger partial charge is 0.416 e. The number of hydrogen-bond acceptors (Lipinski definition) is 5. The van der Waals surface area contributed by atoms with Crippen LogP contribution in [0.3, 0.4) is 0 Å². The van der Waals surface area contributed by atoms with E-state index in [0.717, 1.165) is 29.1 Å². The van der Waals surface area contributed by atoms with Crippen molar-refractivity contribution < 1.29 is 18.0 Å². The minimum Gasteiger partial charge on any atom is -0.326 e. The van der Waals surface area contributed by atoms with Crippen molar-refractivity contribution in [2.24, 2.45) is 0 Å². The van der Waals surface area contributed by atoms with Crippen molar-refractivity contribution in [2.45, 2.75) is 31.9 Å². The molecule has 0 radical (unpaired) electrons. The number of aryl methyl sites for hydroxylation is 2. The van der Waals surface area contributed by atoms with Gasteiger partial charge in [-0.15, -0.1) is 0 Å². The summed E-state index contributed by atoms with van der Waals surface area (Å²) in [6.07, 6.45) is -1.69. The van der Waals surface area contributed by atoms with Gasteiger partial charge in [-0.2, -0.15) is 18.4 Å². The highest BCUT2D eigenvalue weighted by atomic mass is 19.4. The minimum absolute atomic E-state index is 0.0468. The van der Waals surface area contributed by atoms with Crippen LogP contribution in [0.1, 0.15) is 27.9 Å². The van der Waals surface area contributed by atoms with Gasteiger partial charge in [0.2, 0.25) is 11.9 Å². The van der Waals surface area contributed by atoms with Crippen LogP contribution in [0.5, 0.6) is 0 Å². The summed E-state index contributed by atoms with van der Waals surface area (Å²) in [5.41, 5.74) is 3.44. The van der Waals surface area contributed by atoms with E-state index in [-0.39, 0.29) is 12.3 Å². The fourth-order valence-corrected chi connectivity index (χ4v) is 3.59. The molecule has 2 N–H and O–H groups in total. The zero-order valence-corrected chi connectivity index (χ0v) is 16.8. The van der Waals surface area contributed by atoms with Gasteiger partial charge in [0, 0.05) is 23.3 Å². The maximum Gasteiger partial charge on any atom is 0.416 e. The fraction of sp³-hybridized carbons (Fsp3) is 0.217. The Bertz CT molecular complexity index is 1220. The molecular weight excluding hydrogens is 419 g/mol. The van der Waals surface area contributed by atoms with E-state index in [1.807, 2.05) is 24.3 Å². The Morgan fingerprint density at radius 1 is 1.09 bits per heavy atom. The molecule has 3 aromatic rings. The van der Waals surface area contributed by atoms with E-state index >= 15 is 0 Å². The van der Waals surface area contributed by atoms with Crippen LogP contribution in [0, 0.1) is 11.3 Å². The molecule has 0 fully saturated rings. The normalized spacial score (nSPS) is 12.8. The quantitative estimate of drug-likeness (QED) is 0.589. The van der Waals surface area contributed by atoms with Crippen molar-refractivity contribution in [3.05, 3.63) is 76.6 Å². The molecule has 0 spiro atoms. The molecule has 1 aliphatic heterocycles. The number of halogens is 3. The van der Waals surface area contributed by atoms with Gasteiger partial charge in [0.15, 0.2) is 0 Å². The van der Waals surface area contributed by atoms with Gasteiger partial charge < -0.3 is 10.6 Å². The molecule has 0 aliphatic carbocycles. The summed E-state index contributed by atoms with van der Waals surface area (Å²) < 4.78 is 38.9. The Morgan fingerprint density at radius 3 is 2.72 bits per heavy atom. The molecule has 2 heterocycles. The molecular formula is C23H18F3N5O. The van der Waals surface area contributed by atoms with Gasteiger partial charge in [0.05, 0.1) is 24.5 Å². The number of anilines is 3. The molecule has 1 aromatic heterocycles. The predicted molar refractivity (Wildman–Crippen MR) is 112 cm³/mol. The molecule has 1 amide bonds. The fourth-order valence-electron chi connectivity index (χ4n) is 3.59. The summed E-state index contributed by atoms with van der Waals surface area (Å²) in [4.78, 5) is 20.2. The van der Waals surface area contributed by atoms with Crippen LogP contribution in [0.15, 0.2) is 48.7 Å². The predicted octanol–water partition coefficient (Wildman–Crippen LogP) is 4.58. The van der Waals surface area contributed by atoms with Gasteiger partial charge in [0.25, 0.3) is 0 Å². The molecule has 0 saturated carbocycles. The topological polar surface area (TPSA) is 90.7 Å². The van der Waals surface area contributed by atoms with E-state index < -0.39 is 11.7 Å². The highest BCUT2D eigenvalue weighted by Crippen LogP contribution is 2.31. The number of nitrogens with zero attached hydrogens (tertiary/aromatic N) is 3. The van der Waals surface area contributed by atoms with Gasteiger partial charge in [0.1, 0.15) is 0 Å². The van der Waals surface area contributed by atoms with Crippen molar-refractivity contribution in [3.8, 4) is 6.07 Å². The van der Waals surface area contributed by atoms with E-state index in [2.05, 4.69) is 20.6 Å². The summed E-state index contributed by atoms with van der Waals surface area (Å²) >= 11 is 0. The van der Waals surface area contributed by atoms with Crippen LogP contribution in [-0.2, 0) is 36.7 Å². The summed E-state index contributed by atoms with van der Waals surface area (Å²) in [5, 5.41) is 14.9. The van der Waals surface area contributed by atoms with Gasteiger partial charge in [-0.1, -0.05) is 6.07 Å². The van der Waals surface area contributed by atoms with E-state index in [4.69, 9.17) is 5.26 Å². The van der Waals surface area contributed by atoms with Gasteiger partial charge in [-0.05, 0) is 65.9 Å². The second kappa shape index (κ2) is 8.67. The van der Waals surface area contributed by atoms with Crippen LogP contribution < -0.4 is 10.6 Å². The smallest absolute Gasteiger partial charge is 0.326 e. The van der Waals surface area contributed by atoms with Crippen LogP contribution >= 0.6 is 0 Å². The first-order valence-corrected chi connectivity index (χ1v) is 9.89. The lowest BCUT2D eigenvalue weighted by Crippen LogP contribution is -2.08. The molecule has 2 aromatic carbocycles. The first kappa shape index (κ1) is 21.3. The Balaban J connectivity index is 1.46. The standard InChI is InChI=1S/C23H18F3N5O/c24-23(25,26)17-3-1-14(15(11-17)7-9-27)2-4-18-8-10-28-22(29-18)30-19-5-6-20-16(12-19)13-21(32)31-20/h1,3,5-6,8,10-12H,2,4,7,13H2,(H,31,32)(H,28,29,30). The van der Waals surface area contributed by atoms with Gasteiger partial charge >= 0.3 is 6.18 Å². The van der Waals surface area contributed by atoms with Crippen LogP contribution in [0.2, 0.25) is 0 Å². The van der Waals surface area contributed by atoms with Crippen molar-refractivity contribution in [3.63, 3.8) is 0 Å². The molecule has 6 nitrogen and oxygen atoms in total. The average molecular weight is 437 g/mol. The van der Waals surface area contributed by atoms with Crippen LogP contribution in [0.25, 0.3) is 0 Å². The highest BCUT2D eigenvalue weighted by Gasteiger charge is 2.30. The summed E-state index contributed by atoms with van der Waals surface area (Å²) in [6.45, 7) is 0. The van der Waals surface area contributed by atoms with Crippen molar-refractivity contribution in [1.29, 1.82) is 5.26 Å². The number of carbonyl (C=O) groups excluding carboxylic acids is 1. The zero-order chi connectivity index (χ0) is 22.7. The minimum atomic E-state index is -4.45. The number of benzene rings is 2. The molecule has 1 aliphatic rings. The third kappa shape index (κ3) is 4.86. The molecule has 4 rings (SSSR count). The number of fused-ring (bicyclic) bond motifs is 1. The van der Waals surface area contributed by atoms with E-state index in [1.54, 1.807) is 12.3 Å². The summed E-state index contributed by atoms with van der Waals surface area (Å²) in [7, 11) is 0. The SMILES string of the molecule is N#CCc1cc(C(F)(F)F)ccc1CCc1ccnc(Nc2ccc3c(c2)CC(=O)N3)n1. The Labute approximate surface area is 182 Å². The van der Waals surface area contributed by atoms with E-state index in [1.165, 1.54) is 6.07 Å². The van der Waals surface area contributed by atoms with E-state index in [0.29, 0.717) is 42.0 Å². The van der Waals surface area contributed by atoms with Crippen molar-refractivity contribution in [2.75, 3.05) is 10.6 Å². The number of amides is 1. The highest BCUT2D eigenvalue weighted by molar-refractivity contribution is 5.99. The monoisotopic (exact) mass is 437 g/mol. The second-order valence-electron chi connectivity index (χ2n) is 7.41. The molecule has 0 saturated heterocycles. The number of alkyl halides is 3. The molecule has 0 unspecified atom stereocenters. The molecule has 0 atom stereocenters. The molecule has 32 heavy (non-hydrogen) atoms. The Hall–Kier alpha value is -3.93. The summed E-state index contributed by atoms with van der Waals surface area (Å²) in [5.74, 6) is 0.332. The number of hydrogen-bond donors (Lipinski definition) is 2. The second-order valence-corrected chi connectivity index (χ2v) is 7.41. The number of nitriles is 1. The zero-order valence-electron chi connectivity index (χ0n) is 16.8. The number of rotatable bonds is 6. The third-order valence-electron chi connectivity index (χ3n) is 5.15. The van der Waals surface area contributed by atoms with Gasteiger partial charge in [-0.25, -0.2) is 9.97 Å².